The number of aromatic nitrogens is 1. The second kappa shape index (κ2) is 18.5. The monoisotopic (exact) mass is 656 g/mol. The zero-order valence-electron chi connectivity index (χ0n) is 27.3. The second-order valence-electron chi connectivity index (χ2n) is 10.7. The summed E-state index contributed by atoms with van der Waals surface area (Å²) in [5.41, 5.74) is 2.00. The predicted octanol–water partition coefficient (Wildman–Crippen LogP) is 5.22. The Bertz CT molecular complexity index is 1510. The third-order valence-electron chi connectivity index (χ3n) is 6.25. The molecule has 0 aliphatic rings. The molecule has 252 valence electrons. The highest BCUT2D eigenvalue weighted by atomic mass is 32.2. The lowest BCUT2D eigenvalue weighted by Gasteiger charge is -2.21. The normalized spacial score (nSPS) is 12.0. The molecule has 13 heteroatoms. The number of aliphatic hydroxyl groups excluding tert-OH is 2. The van der Waals surface area contributed by atoms with Gasteiger partial charge in [0.25, 0.3) is 0 Å². The van der Waals surface area contributed by atoms with Crippen LogP contribution in [0, 0.1) is 11.8 Å². The fraction of sp³-hybridized carbons (Fsp3) is 0.500. The zero-order valence-corrected chi connectivity index (χ0v) is 28.1. The Morgan fingerprint density at radius 3 is 2.27 bits per heavy atom. The van der Waals surface area contributed by atoms with Gasteiger partial charge in [-0.05, 0) is 83.6 Å². The molecule has 3 aromatic rings. The fourth-order valence-electron chi connectivity index (χ4n) is 4.20. The van der Waals surface area contributed by atoms with Crippen molar-refractivity contribution in [2.45, 2.75) is 63.4 Å². The van der Waals surface area contributed by atoms with Crippen molar-refractivity contribution in [2.75, 3.05) is 58.3 Å². The van der Waals surface area contributed by atoms with Gasteiger partial charge in [-0.15, -0.1) is 0 Å². The first-order chi connectivity index (χ1) is 21.1. The molecule has 0 amide bonds. The van der Waals surface area contributed by atoms with Gasteiger partial charge in [-0.25, -0.2) is 8.42 Å². The van der Waals surface area contributed by atoms with E-state index >= 15 is 0 Å². The number of nitrogens with one attached hydrogen (secondary N) is 2. The number of rotatable bonds is 11. The van der Waals surface area contributed by atoms with E-state index in [9.17, 15) is 21.6 Å². The molecule has 1 unspecified atom stereocenters. The van der Waals surface area contributed by atoms with Crippen molar-refractivity contribution in [1.29, 1.82) is 0 Å². The summed E-state index contributed by atoms with van der Waals surface area (Å²) < 4.78 is 70.6. The third kappa shape index (κ3) is 13.6. The molecule has 2 aromatic carbocycles. The van der Waals surface area contributed by atoms with E-state index < -0.39 is 22.6 Å². The molecule has 1 heterocycles. The predicted molar refractivity (Wildman–Crippen MR) is 176 cm³/mol. The van der Waals surface area contributed by atoms with Crippen molar-refractivity contribution >= 4 is 32.1 Å². The molecule has 0 fully saturated rings. The Labute approximate surface area is 265 Å². The van der Waals surface area contributed by atoms with Crippen molar-refractivity contribution < 1.29 is 36.5 Å². The lowest BCUT2D eigenvalue weighted by atomic mass is 10.1. The first kappa shape index (κ1) is 39.6. The number of sulfone groups is 1. The summed E-state index contributed by atoms with van der Waals surface area (Å²) in [5, 5.41) is 22.3. The van der Waals surface area contributed by atoms with E-state index in [0.717, 1.165) is 38.4 Å². The Kier molecular flexibility index (Phi) is 16.3. The van der Waals surface area contributed by atoms with Crippen LogP contribution in [0.4, 0.5) is 24.5 Å². The molecule has 0 aliphatic heterocycles. The highest BCUT2D eigenvalue weighted by molar-refractivity contribution is 7.90. The Morgan fingerprint density at radius 1 is 1.09 bits per heavy atom. The van der Waals surface area contributed by atoms with Crippen molar-refractivity contribution in [1.82, 2.24) is 9.47 Å². The molecular formula is C32H47F3N4O5S. The van der Waals surface area contributed by atoms with Crippen LogP contribution in [0.3, 0.4) is 0 Å². The number of benzene rings is 2. The highest BCUT2D eigenvalue weighted by Gasteiger charge is 2.30. The van der Waals surface area contributed by atoms with Crippen LogP contribution in [0.1, 0.15) is 39.3 Å². The van der Waals surface area contributed by atoms with Crippen LogP contribution in [-0.2, 0) is 16.4 Å². The minimum absolute atomic E-state index is 0.107. The third-order valence-corrected chi connectivity index (χ3v) is 7.36. The van der Waals surface area contributed by atoms with Gasteiger partial charge in [-0.2, -0.15) is 13.2 Å². The van der Waals surface area contributed by atoms with Gasteiger partial charge < -0.3 is 35.1 Å². The summed E-state index contributed by atoms with van der Waals surface area (Å²) >= 11 is 0. The molecule has 0 saturated heterocycles. The van der Waals surface area contributed by atoms with Crippen molar-refractivity contribution in [2.24, 2.45) is 0 Å². The molecule has 4 N–H and O–H groups in total. The molecular weight excluding hydrogens is 609 g/mol. The lowest BCUT2D eigenvalue weighted by molar-refractivity contribution is -0.140. The van der Waals surface area contributed by atoms with Crippen molar-refractivity contribution in [3.8, 4) is 17.6 Å². The number of anilines is 2. The smallest absolute Gasteiger partial charge is 0.406 e. The SMILES string of the molecule is CC(C)O.CCC(CCN(C)C)Nc1cccc2c1cc(C#CCNc1ccc(S(C)(=O)=O)cc1OC)n2CC(F)(F)F.CO. The first-order valence-electron chi connectivity index (χ1n) is 14.4. The van der Waals surface area contributed by atoms with E-state index in [0.29, 0.717) is 22.3 Å². The van der Waals surface area contributed by atoms with Gasteiger partial charge in [-0.3, -0.25) is 0 Å². The maximum Gasteiger partial charge on any atom is 0.406 e. The summed E-state index contributed by atoms with van der Waals surface area (Å²) in [7, 11) is 3.03. The van der Waals surface area contributed by atoms with Gasteiger partial charge >= 0.3 is 6.18 Å². The number of halogens is 3. The molecule has 0 saturated carbocycles. The highest BCUT2D eigenvalue weighted by Crippen LogP contribution is 2.31. The van der Waals surface area contributed by atoms with E-state index in [-0.39, 0.29) is 29.3 Å². The standard InChI is InChI=1S/C28H35F3N4O3S.C3H8O.CH4O/c1-6-20(14-16-34(2)3)33-24-10-7-11-26-23(24)17-21(35(26)19-28(29,30)31)9-8-15-32-25-13-12-22(39(5,36)37)18-27(25)38-4;1-3(2)4;1-2/h7,10-13,17-18,20,32-33H,6,14-16,19H2,1-5H3;3-4H,1-2H3;2H,1H3. The molecule has 3 rings (SSSR count). The lowest BCUT2D eigenvalue weighted by Crippen LogP contribution is -2.25. The largest absolute Gasteiger partial charge is 0.495 e. The van der Waals surface area contributed by atoms with E-state index in [1.807, 2.05) is 20.2 Å². The Hall–Kier alpha value is -3.44. The number of alkyl halides is 3. The summed E-state index contributed by atoms with van der Waals surface area (Å²) in [6.45, 7) is 5.36. The topological polar surface area (TPSA) is 116 Å². The summed E-state index contributed by atoms with van der Waals surface area (Å²) in [4.78, 5) is 2.21. The summed E-state index contributed by atoms with van der Waals surface area (Å²) in [6.07, 6.45) is -1.71. The van der Waals surface area contributed by atoms with Gasteiger partial charge in [0.05, 0.1) is 35.4 Å². The molecule has 1 aromatic heterocycles. The van der Waals surface area contributed by atoms with Gasteiger partial charge in [-0.1, -0.05) is 18.9 Å². The van der Waals surface area contributed by atoms with Gasteiger partial charge in [0.1, 0.15) is 12.3 Å². The number of nitrogens with zero attached hydrogens (tertiary/aromatic N) is 2. The molecule has 9 nitrogen and oxygen atoms in total. The van der Waals surface area contributed by atoms with Crippen LogP contribution in [0.15, 0.2) is 47.4 Å². The van der Waals surface area contributed by atoms with E-state index in [2.05, 4.69) is 34.3 Å². The van der Waals surface area contributed by atoms with Gasteiger partial charge in [0, 0.05) is 42.7 Å². The quantitative estimate of drug-likeness (QED) is 0.208. The van der Waals surface area contributed by atoms with Crippen molar-refractivity contribution in [3.63, 3.8) is 0 Å². The zero-order chi connectivity index (χ0) is 34.4. The molecule has 1 atom stereocenters. The summed E-state index contributed by atoms with van der Waals surface area (Å²) in [6, 6.07) is 11.6. The average molecular weight is 657 g/mol. The van der Waals surface area contributed by atoms with Crippen molar-refractivity contribution in [3.05, 3.63) is 48.2 Å². The number of methoxy groups -OCH3 is 1. The Balaban J connectivity index is 0.00000156. The van der Waals surface area contributed by atoms with Crippen LogP contribution < -0.4 is 15.4 Å². The van der Waals surface area contributed by atoms with Crippen LogP contribution in [0.2, 0.25) is 0 Å². The fourth-order valence-corrected chi connectivity index (χ4v) is 4.83. The van der Waals surface area contributed by atoms with Gasteiger partial charge in [0.15, 0.2) is 9.84 Å². The molecule has 0 aliphatic carbocycles. The number of aliphatic hydroxyl groups is 2. The molecule has 0 bridgehead atoms. The summed E-state index contributed by atoms with van der Waals surface area (Å²) in [5.74, 6) is 6.09. The van der Waals surface area contributed by atoms with Crippen LogP contribution in [0.5, 0.6) is 5.75 Å². The number of hydrogen-bond donors (Lipinski definition) is 4. The van der Waals surface area contributed by atoms with Crippen LogP contribution >= 0.6 is 0 Å². The minimum Gasteiger partial charge on any atom is -0.495 e. The maximum absolute atomic E-state index is 13.5. The molecule has 0 radical (unpaired) electrons. The average Bonchev–Trinajstić information content (AvgIpc) is 3.29. The molecule has 45 heavy (non-hydrogen) atoms. The number of fused-ring (bicyclic) bond motifs is 1. The van der Waals surface area contributed by atoms with Gasteiger partial charge in [0.2, 0.25) is 0 Å². The van der Waals surface area contributed by atoms with Crippen LogP contribution in [-0.4, -0.2) is 94.1 Å². The number of hydrogen-bond acceptors (Lipinski definition) is 8. The van der Waals surface area contributed by atoms with E-state index in [1.54, 1.807) is 38.1 Å². The Morgan fingerprint density at radius 2 is 1.73 bits per heavy atom. The van der Waals surface area contributed by atoms with E-state index in [1.165, 1.54) is 23.8 Å². The second-order valence-corrected chi connectivity index (χ2v) is 12.7. The van der Waals surface area contributed by atoms with Crippen LogP contribution in [0.25, 0.3) is 10.9 Å². The molecule has 0 spiro atoms. The maximum atomic E-state index is 13.5. The first-order valence-corrected chi connectivity index (χ1v) is 16.3. The number of ether oxygens (including phenoxy) is 1. The minimum atomic E-state index is -4.42. The van der Waals surface area contributed by atoms with E-state index in [4.69, 9.17) is 14.9 Å².